The Hall–Kier alpha value is -2.00. The molecule has 0 amide bonds. The van der Waals surface area contributed by atoms with Crippen LogP contribution in [0.15, 0.2) is 59.6 Å². The average Bonchev–Trinajstić information content (AvgIpc) is 2.79. The molecule has 0 radical (unpaired) electrons. The fraction of sp³-hybridized carbons (Fsp3) is 0.458. The van der Waals surface area contributed by atoms with Crippen molar-refractivity contribution >= 4 is 29.9 Å². The van der Waals surface area contributed by atoms with E-state index < -0.39 is 0 Å². The molecule has 31 heavy (non-hydrogen) atoms. The van der Waals surface area contributed by atoms with Gasteiger partial charge in [0.2, 0.25) is 0 Å². The van der Waals surface area contributed by atoms with Crippen LogP contribution in [0, 0.1) is 0 Å². The lowest BCUT2D eigenvalue weighted by atomic mass is 10.0. The predicted molar refractivity (Wildman–Crippen MR) is 136 cm³/mol. The van der Waals surface area contributed by atoms with Gasteiger partial charge in [-0.1, -0.05) is 42.5 Å². The molecule has 2 aliphatic heterocycles. The minimum Gasteiger partial charge on any atom is -0.486 e. The molecule has 1 atom stereocenters. The summed E-state index contributed by atoms with van der Waals surface area (Å²) in [7, 11) is 0. The van der Waals surface area contributed by atoms with E-state index >= 15 is 0 Å². The summed E-state index contributed by atoms with van der Waals surface area (Å²) in [5.74, 6) is 2.47. The maximum Gasteiger partial charge on any atom is 0.191 e. The van der Waals surface area contributed by atoms with Crippen molar-refractivity contribution in [2.45, 2.75) is 38.5 Å². The van der Waals surface area contributed by atoms with Gasteiger partial charge in [0, 0.05) is 32.2 Å². The Balaban J connectivity index is 0.00000272. The Morgan fingerprint density at radius 2 is 1.74 bits per heavy atom. The van der Waals surface area contributed by atoms with E-state index in [0.717, 1.165) is 56.5 Å². The van der Waals surface area contributed by atoms with Gasteiger partial charge in [0.1, 0.15) is 6.61 Å². The van der Waals surface area contributed by atoms with Gasteiger partial charge in [-0.05, 0) is 37.5 Å². The lowest BCUT2D eigenvalue weighted by Gasteiger charge is -2.33. The molecule has 2 heterocycles. The first kappa shape index (κ1) is 23.7. The van der Waals surface area contributed by atoms with Crippen molar-refractivity contribution < 1.29 is 9.47 Å². The largest absolute Gasteiger partial charge is 0.486 e. The van der Waals surface area contributed by atoms with Crippen molar-refractivity contribution in [2.24, 2.45) is 4.99 Å². The molecule has 2 aromatic rings. The summed E-state index contributed by atoms with van der Waals surface area (Å²) >= 11 is 0. The number of hydrogen-bond acceptors (Lipinski definition) is 4. The number of aliphatic imine (C=N–C) groups is 1. The summed E-state index contributed by atoms with van der Waals surface area (Å²) in [5.41, 5.74) is 1.38. The Morgan fingerprint density at radius 3 is 2.48 bits per heavy atom. The average molecular weight is 536 g/mol. The Kier molecular flexibility index (Phi) is 9.27. The maximum absolute atomic E-state index is 6.03. The van der Waals surface area contributed by atoms with Crippen molar-refractivity contribution in [1.82, 2.24) is 15.5 Å². The molecule has 7 heteroatoms. The highest BCUT2D eigenvalue weighted by atomic mass is 127. The molecule has 1 saturated heterocycles. The smallest absolute Gasteiger partial charge is 0.191 e. The molecular weight excluding hydrogens is 503 g/mol. The zero-order valence-corrected chi connectivity index (χ0v) is 20.5. The minimum absolute atomic E-state index is 0. The summed E-state index contributed by atoms with van der Waals surface area (Å²) in [5, 5.41) is 6.98. The molecule has 2 N–H and O–H groups in total. The van der Waals surface area contributed by atoms with Crippen LogP contribution in [0.5, 0.6) is 11.5 Å². The number of ether oxygens (including phenoxy) is 2. The second-order valence-corrected chi connectivity index (χ2v) is 7.90. The number of piperidine rings is 1. The van der Waals surface area contributed by atoms with Crippen LogP contribution in [0.2, 0.25) is 0 Å². The minimum atomic E-state index is -0.0666. The Labute approximate surface area is 202 Å². The molecule has 6 nitrogen and oxygen atoms in total. The van der Waals surface area contributed by atoms with Crippen LogP contribution in [0.25, 0.3) is 0 Å². The van der Waals surface area contributed by atoms with Gasteiger partial charge < -0.3 is 20.1 Å². The quantitative estimate of drug-likeness (QED) is 0.336. The van der Waals surface area contributed by atoms with Crippen LogP contribution in [0.4, 0.5) is 0 Å². The summed E-state index contributed by atoms with van der Waals surface area (Å²) in [4.78, 5) is 7.30. The molecule has 0 saturated carbocycles. The molecule has 0 aliphatic carbocycles. The van der Waals surface area contributed by atoms with Gasteiger partial charge in [-0.2, -0.15) is 0 Å². The highest BCUT2D eigenvalue weighted by Gasteiger charge is 2.22. The van der Waals surface area contributed by atoms with Crippen molar-refractivity contribution in [3.63, 3.8) is 0 Å². The number of guanidine groups is 1. The molecule has 0 bridgehead atoms. The molecular formula is C24H33IN4O2. The van der Waals surface area contributed by atoms with Crippen molar-refractivity contribution in [2.75, 3.05) is 32.8 Å². The van der Waals surface area contributed by atoms with E-state index in [4.69, 9.17) is 14.5 Å². The van der Waals surface area contributed by atoms with Gasteiger partial charge in [0.15, 0.2) is 23.6 Å². The number of likely N-dealkylation sites (tertiary alicyclic amines) is 1. The van der Waals surface area contributed by atoms with Crippen molar-refractivity contribution in [1.29, 1.82) is 0 Å². The molecule has 0 aromatic heterocycles. The summed E-state index contributed by atoms with van der Waals surface area (Å²) < 4.78 is 11.8. The first-order valence-electron chi connectivity index (χ1n) is 11.0. The van der Waals surface area contributed by atoms with E-state index in [9.17, 15) is 0 Å². The summed E-state index contributed by atoms with van der Waals surface area (Å²) in [6.45, 7) is 7.25. The van der Waals surface area contributed by atoms with Crippen LogP contribution in [0.1, 0.15) is 25.3 Å². The SMILES string of the molecule is CCNC(=NCC1COc2ccccc2O1)NC1CCN(Cc2ccccc2)CC1.I. The number of nitrogens with one attached hydrogen (secondary N) is 2. The first-order valence-corrected chi connectivity index (χ1v) is 11.0. The van der Waals surface area contributed by atoms with E-state index in [0.29, 0.717) is 19.2 Å². The van der Waals surface area contributed by atoms with Gasteiger partial charge >= 0.3 is 0 Å². The lowest BCUT2D eigenvalue weighted by molar-refractivity contribution is 0.0971. The summed E-state index contributed by atoms with van der Waals surface area (Å²) in [6, 6.07) is 18.9. The Bertz CT molecular complexity index is 825. The zero-order valence-electron chi connectivity index (χ0n) is 18.1. The fourth-order valence-corrected chi connectivity index (χ4v) is 3.94. The molecule has 2 aromatic carbocycles. The molecule has 168 valence electrons. The van der Waals surface area contributed by atoms with Gasteiger partial charge in [-0.15, -0.1) is 24.0 Å². The van der Waals surface area contributed by atoms with Crippen molar-refractivity contribution in [3.8, 4) is 11.5 Å². The summed E-state index contributed by atoms with van der Waals surface area (Å²) in [6.07, 6.45) is 2.17. The number of fused-ring (bicyclic) bond motifs is 1. The lowest BCUT2D eigenvalue weighted by Crippen LogP contribution is -2.49. The third-order valence-corrected chi connectivity index (χ3v) is 5.54. The first-order chi connectivity index (χ1) is 14.8. The maximum atomic E-state index is 6.03. The highest BCUT2D eigenvalue weighted by Crippen LogP contribution is 2.30. The van der Waals surface area contributed by atoms with E-state index in [1.54, 1.807) is 0 Å². The fourth-order valence-electron chi connectivity index (χ4n) is 3.94. The van der Waals surface area contributed by atoms with Crippen LogP contribution in [0.3, 0.4) is 0 Å². The van der Waals surface area contributed by atoms with E-state index in [2.05, 4.69) is 52.8 Å². The Morgan fingerprint density at radius 1 is 1.03 bits per heavy atom. The number of halogens is 1. The van der Waals surface area contributed by atoms with E-state index in [1.807, 2.05) is 24.3 Å². The van der Waals surface area contributed by atoms with Crippen LogP contribution in [-0.4, -0.2) is 55.8 Å². The van der Waals surface area contributed by atoms with Crippen molar-refractivity contribution in [3.05, 3.63) is 60.2 Å². The third kappa shape index (κ3) is 7.00. The normalized spacial score (nSPS) is 19.4. The van der Waals surface area contributed by atoms with Gasteiger partial charge in [0.25, 0.3) is 0 Å². The van der Waals surface area contributed by atoms with Gasteiger partial charge in [-0.25, -0.2) is 4.99 Å². The second kappa shape index (κ2) is 12.1. The number of nitrogens with zero attached hydrogens (tertiary/aromatic N) is 2. The highest BCUT2D eigenvalue weighted by molar-refractivity contribution is 14.0. The molecule has 4 rings (SSSR count). The zero-order chi connectivity index (χ0) is 20.6. The topological polar surface area (TPSA) is 58.1 Å². The third-order valence-electron chi connectivity index (χ3n) is 5.54. The number of para-hydroxylation sites is 2. The monoisotopic (exact) mass is 536 g/mol. The number of benzene rings is 2. The number of hydrogen-bond donors (Lipinski definition) is 2. The molecule has 1 fully saturated rings. The molecule has 1 unspecified atom stereocenters. The standard InChI is InChI=1S/C24H32N4O2.HI/c1-2-25-24(26-16-21-18-29-22-10-6-7-11-23(22)30-21)27-20-12-14-28(15-13-20)17-19-8-4-3-5-9-19;/h3-11,20-21H,2,12-18H2,1H3,(H2,25,26,27);1H. The predicted octanol–water partition coefficient (Wildman–Crippen LogP) is 3.66. The molecule has 2 aliphatic rings. The number of rotatable bonds is 6. The van der Waals surface area contributed by atoms with Crippen LogP contribution in [-0.2, 0) is 6.54 Å². The van der Waals surface area contributed by atoms with Crippen LogP contribution >= 0.6 is 24.0 Å². The van der Waals surface area contributed by atoms with E-state index in [1.165, 1.54) is 5.56 Å². The second-order valence-electron chi connectivity index (χ2n) is 7.90. The van der Waals surface area contributed by atoms with Gasteiger partial charge in [0.05, 0.1) is 6.54 Å². The van der Waals surface area contributed by atoms with Gasteiger partial charge in [-0.3, -0.25) is 4.90 Å². The van der Waals surface area contributed by atoms with Crippen LogP contribution < -0.4 is 20.1 Å². The molecule has 0 spiro atoms. The van der Waals surface area contributed by atoms with E-state index in [-0.39, 0.29) is 30.1 Å².